The Morgan fingerprint density at radius 2 is 0.807 bits per heavy atom. The summed E-state index contributed by atoms with van der Waals surface area (Å²) in [6, 6.07) is 44.7. The Morgan fingerprint density at radius 3 is 1.18 bits per heavy atom. The molecule has 0 amide bonds. The van der Waals surface area contributed by atoms with Crippen molar-refractivity contribution in [2.45, 2.75) is 102 Å². The average molecular weight is 783 g/mol. The number of sulfone groups is 1. The first-order chi connectivity index (χ1) is 27.2. The largest absolute Gasteiger partial charge is 0.508 e. The molecule has 0 spiro atoms. The van der Waals surface area contributed by atoms with E-state index >= 15 is 0 Å². The lowest BCUT2D eigenvalue weighted by Gasteiger charge is -2.30. The molecule has 298 valence electrons. The van der Waals surface area contributed by atoms with Crippen molar-refractivity contribution in [1.29, 1.82) is 0 Å². The Hall–Kier alpha value is -5.33. The Kier molecular flexibility index (Phi) is 14.1. The van der Waals surface area contributed by atoms with E-state index in [1.54, 1.807) is 84.9 Å². The molecule has 6 aromatic carbocycles. The van der Waals surface area contributed by atoms with Gasteiger partial charge in [-0.1, -0.05) is 129 Å². The van der Waals surface area contributed by atoms with E-state index in [0.717, 1.165) is 29.9 Å². The molecule has 0 heterocycles. The van der Waals surface area contributed by atoms with Gasteiger partial charge >= 0.3 is 0 Å². The first-order valence-electron chi connectivity index (χ1n) is 20.1. The zero-order valence-corrected chi connectivity index (χ0v) is 35.6. The van der Waals surface area contributed by atoms with Crippen LogP contribution in [0.1, 0.15) is 97.8 Å². The Bertz CT molecular complexity index is 2250. The van der Waals surface area contributed by atoms with Crippen molar-refractivity contribution >= 4 is 9.84 Å². The first-order valence-corrected chi connectivity index (χ1v) is 21.6. The molecule has 0 atom stereocenters. The zero-order chi connectivity index (χ0) is 41.2. The SMILES string of the molecule is CCC(C)(CC)c1ccc(C(C)(C)c2ccc(-c3ccc(S(=O)(=O)c4ccc(Oc5ccc(Oc6ccc(O)cc6)cc5)cc4)cc3)cc2)cc1.CCC(C)CC. The van der Waals surface area contributed by atoms with Crippen LogP contribution in [0.2, 0.25) is 0 Å². The molecule has 5 nitrogen and oxygen atoms in total. The van der Waals surface area contributed by atoms with Crippen molar-refractivity contribution in [3.8, 4) is 39.9 Å². The molecule has 0 bridgehead atoms. The predicted molar refractivity (Wildman–Crippen MR) is 235 cm³/mol. The third kappa shape index (κ3) is 10.5. The van der Waals surface area contributed by atoms with Crippen molar-refractivity contribution in [2.24, 2.45) is 5.92 Å². The van der Waals surface area contributed by atoms with Gasteiger partial charge in [-0.3, -0.25) is 0 Å². The van der Waals surface area contributed by atoms with Gasteiger partial charge in [0, 0.05) is 5.41 Å². The van der Waals surface area contributed by atoms with E-state index < -0.39 is 9.84 Å². The maximum Gasteiger partial charge on any atom is 0.206 e. The summed E-state index contributed by atoms with van der Waals surface area (Å²) in [5, 5.41) is 9.44. The van der Waals surface area contributed by atoms with Crippen LogP contribution < -0.4 is 9.47 Å². The van der Waals surface area contributed by atoms with Gasteiger partial charge in [-0.05, 0) is 137 Å². The molecule has 6 aromatic rings. The van der Waals surface area contributed by atoms with Crippen LogP contribution in [0.3, 0.4) is 0 Å². The first kappa shape index (κ1) is 42.8. The Morgan fingerprint density at radius 1 is 0.491 bits per heavy atom. The van der Waals surface area contributed by atoms with Crippen molar-refractivity contribution in [3.05, 3.63) is 162 Å². The molecule has 6 rings (SSSR count). The number of phenolic OH excluding ortho intramolecular Hbond substituents is 1. The molecule has 6 heteroatoms. The molecule has 0 radical (unpaired) electrons. The van der Waals surface area contributed by atoms with Gasteiger partial charge in [-0.25, -0.2) is 8.42 Å². The van der Waals surface area contributed by atoms with Gasteiger partial charge in [-0.2, -0.15) is 0 Å². The van der Waals surface area contributed by atoms with Gasteiger partial charge in [0.2, 0.25) is 9.84 Å². The minimum atomic E-state index is -3.73. The number of rotatable bonds is 14. The van der Waals surface area contributed by atoms with Crippen molar-refractivity contribution in [1.82, 2.24) is 0 Å². The van der Waals surface area contributed by atoms with Crippen LogP contribution in [-0.2, 0) is 20.7 Å². The van der Waals surface area contributed by atoms with E-state index in [2.05, 4.69) is 104 Å². The van der Waals surface area contributed by atoms with Crippen LogP contribution in [0.25, 0.3) is 11.1 Å². The summed E-state index contributed by atoms with van der Waals surface area (Å²) >= 11 is 0. The highest BCUT2D eigenvalue weighted by atomic mass is 32.2. The van der Waals surface area contributed by atoms with Crippen molar-refractivity contribution < 1.29 is 23.0 Å². The lowest BCUT2D eigenvalue weighted by molar-refractivity contribution is 0.438. The summed E-state index contributed by atoms with van der Waals surface area (Å²) in [7, 11) is -3.73. The van der Waals surface area contributed by atoms with Gasteiger partial charge in [0.15, 0.2) is 0 Å². The molecule has 0 saturated carbocycles. The summed E-state index contributed by atoms with van der Waals surface area (Å²) in [6.07, 6.45) is 4.89. The summed E-state index contributed by atoms with van der Waals surface area (Å²) in [6.45, 7) is 18.1. The maximum absolute atomic E-state index is 13.5. The zero-order valence-electron chi connectivity index (χ0n) is 34.8. The topological polar surface area (TPSA) is 72.8 Å². The number of benzene rings is 6. The van der Waals surface area contributed by atoms with Gasteiger partial charge < -0.3 is 14.6 Å². The smallest absolute Gasteiger partial charge is 0.206 e. The summed E-state index contributed by atoms with van der Waals surface area (Å²) in [5.74, 6) is 3.41. The fraction of sp³-hybridized carbons (Fsp3) is 0.294. The molecule has 57 heavy (non-hydrogen) atoms. The number of phenols is 1. The molecule has 1 N–H and O–H groups in total. The molecular formula is C51H58O5S. The van der Waals surface area contributed by atoms with Gasteiger partial charge in [0.25, 0.3) is 0 Å². The molecule has 0 aliphatic heterocycles. The lowest BCUT2D eigenvalue weighted by atomic mass is 9.74. The molecule has 0 aromatic heterocycles. The third-order valence-corrected chi connectivity index (χ3v) is 13.4. The standard InChI is InChI=1S/C45H44O5S.C6H14/c1-6-45(5,7-2)36-16-14-35(15-17-36)44(3,4)34-12-8-32(9-13-34)33-10-28-42(29-11-33)51(47,48)43-30-26-41(27-31-43)50-40-24-22-39(23-25-40)49-38-20-18-37(46)19-21-38;1-4-6(3)5-2/h8-31,46H,6-7H2,1-5H3;6H,4-5H2,1-3H3. The van der Waals surface area contributed by atoms with Crippen LogP contribution in [0.15, 0.2) is 155 Å². The van der Waals surface area contributed by atoms with E-state index in [4.69, 9.17) is 9.47 Å². The summed E-state index contributed by atoms with van der Waals surface area (Å²) in [4.78, 5) is 0.418. The fourth-order valence-electron chi connectivity index (χ4n) is 6.49. The van der Waals surface area contributed by atoms with Gasteiger partial charge in [-0.15, -0.1) is 0 Å². The van der Waals surface area contributed by atoms with Crippen molar-refractivity contribution in [3.63, 3.8) is 0 Å². The van der Waals surface area contributed by atoms with E-state index in [9.17, 15) is 13.5 Å². The van der Waals surface area contributed by atoms with Crippen LogP contribution in [0.5, 0.6) is 28.7 Å². The normalized spacial score (nSPS) is 11.8. The maximum atomic E-state index is 13.5. The highest BCUT2D eigenvalue weighted by Crippen LogP contribution is 2.37. The fourth-order valence-corrected chi connectivity index (χ4v) is 7.75. The lowest BCUT2D eigenvalue weighted by Crippen LogP contribution is -2.21. The predicted octanol–water partition coefficient (Wildman–Crippen LogP) is 14.3. The summed E-state index contributed by atoms with van der Waals surface area (Å²) in [5.41, 5.74) is 5.88. The van der Waals surface area contributed by atoms with Crippen LogP contribution in [0.4, 0.5) is 0 Å². The molecule has 0 aliphatic carbocycles. The number of ether oxygens (including phenoxy) is 2. The highest BCUT2D eigenvalue weighted by molar-refractivity contribution is 7.91. The monoisotopic (exact) mass is 782 g/mol. The Balaban J connectivity index is 0.000000959. The van der Waals surface area contributed by atoms with E-state index in [1.807, 2.05) is 12.1 Å². The van der Waals surface area contributed by atoms with Crippen LogP contribution in [0, 0.1) is 5.92 Å². The highest BCUT2D eigenvalue weighted by Gasteiger charge is 2.26. The number of hydrogen-bond donors (Lipinski definition) is 1. The second kappa shape index (κ2) is 18.7. The summed E-state index contributed by atoms with van der Waals surface area (Å²) < 4.78 is 38.7. The minimum absolute atomic E-state index is 0.167. The minimum Gasteiger partial charge on any atom is -0.508 e. The molecule has 0 unspecified atom stereocenters. The van der Waals surface area contributed by atoms with E-state index in [0.29, 0.717) is 23.0 Å². The number of aromatic hydroxyl groups is 1. The molecular weight excluding hydrogens is 725 g/mol. The van der Waals surface area contributed by atoms with Gasteiger partial charge in [0.1, 0.15) is 28.7 Å². The second-order valence-corrected chi connectivity index (χ2v) is 17.6. The van der Waals surface area contributed by atoms with Gasteiger partial charge in [0.05, 0.1) is 9.79 Å². The molecule has 0 fully saturated rings. The molecule has 0 aliphatic rings. The molecule has 0 saturated heterocycles. The van der Waals surface area contributed by atoms with E-state index in [1.165, 1.54) is 29.5 Å². The third-order valence-electron chi connectivity index (χ3n) is 11.6. The second-order valence-electron chi connectivity index (χ2n) is 15.6. The van der Waals surface area contributed by atoms with Crippen LogP contribution in [-0.4, -0.2) is 13.5 Å². The van der Waals surface area contributed by atoms with Crippen LogP contribution >= 0.6 is 0 Å². The van der Waals surface area contributed by atoms with Crippen molar-refractivity contribution in [2.75, 3.05) is 0 Å². The Labute approximate surface area is 341 Å². The van der Waals surface area contributed by atoms with E-state index in [-0.39, 0.29) is 26.4 Å². The average Bonchev–Trinajstić information content (AvgIpc) is 3.25. The quantitative estimate of drug-likeness (QED) is 0.119. The number of hydrogen-bond acceptors (Lipinski definition) is 5.